The zero-order chi connectivity index (χ0) is 9.14. The monoisotopic (exact) mass is 162 g/mol. The van der Waals surface area contributed by atoms with Crippen molar-refractivity contribution >= 4 is 0 Å². The first kappa shape index (κ1) is 9.31. The number of aryl methyl sites for hydroxylation is 1. The highest BCUT2D eigenvalue weighted by Crippen LogP contribution is 2.23. The van der Waals surface area contributed by atoms with Gasteiger partial charge in [-0.05, 0) is 24.3 Å². The van der Waals surface area contributed by atoms with Crippen molar-refractivity contribution in [3.63, 3.8) is 0 Å². The average molecular weight is 162 g/mol. The van der Waals surface area contributed by atoms with Gasteiger partial charge in [0.1, 0.15) is 0 Å². The zero-order valence-corrected chi connectivity index (χ0v) is 8.46. The molecule has 0 heterocycles. The van der Waals surface area contributed by atoms with Crippen molar-refractivity contribution in [2.45, 2.75) is 33.6 Å². The molecule has 0 saturated heterocycles. The van der Waals surface area contributed by atoms with Crippen molar-refractivity contribution in [2.75, 3.05) is 0 Å². The van der Waals surface area contributed by atoms with E-state index in [-0.39, 0.29) is 0 Å². The second-order valence-electron chi connectivity index (χ2n) is 3.94. The lowest BCUT2D eigenvalue weighted by Crippen LogP contribution is -2.01. The number of benzene rings is 1. The lowest BCUT2D eigenvalue weighted by molar-refractivity contribution is 0.535. The molecule has 0 spiro atoms. The van der Waals surface area contributed by atoms with Crippen LogP contribution in [0.1, 0.15) is 37.8 Å². The fraction of sp³-hybridized carbons (Fsp3) is 0.500. The second-order valence-corrected chi connectivity index (χ2v) is 3.94. The van der Waals surface area contributed by atoms with E-state index in [0.29, 0.717) is 5.92 Å². The van der Waals surface area contributed by atoms with Gasteiger partial charge in [-0.15, -0.1) is 0 Å². The van der Waals surface area contributed by atoms with Gasteiger partial charge in [-0.3, -0.25) is 0 Å². The highest BCUT2D eigenvalue weighted by atomic mass is 14.1. The summed E-state index contributed by atoms with van der Waals surface area (Å²) in [5.41, 5.74) is 2.80. The molecular formula is C12H18. The fourth-order valence-electron chi connectivity index (χ4n) is 1.25. The Morgan fingerprint density at radius 1 is 0.917 bits per heavy atom. The Morgan fingerprint density at radius 2 is 1.42 bits per heavy atom. The number of hydrogen-bond donors (Lipinski definition) is 0. The van der Waals surface area contributed by atoms with Crippen LogP contribution in [0.5, 0.6) is 0 Å². The lowest BCUT2D eigenvalue weighted by atomic mass is 9.90. The average Bonchev–Trinajstić information content (AvgIpc) is 2.04. The van der Waals surface area contributed by atoms with Crippen molar-refractivity contribution in [3.8, 4) is 0 Å². The zero-order valence-electron chi connectivity index (χ0n) is 8.46. The maximum Gasteiger partial charge on any atom is -0.0167 e. The Bertz CT molecular complexity index is 231. The maximum atomic E-state index is 2.29. The van der Waals surface area contributed by atoms with Crippen LogP contribution in [0.25, 0.3) is 0 Å². The summed E-state index contributed by atoms with van der Waals surface area (Å²) in [4.78, 5) is 0. The van der Waals surface area contributed by atoms with Crippen LogP contribution in [0.15, 0.2) is 24.3 Å². The van der Waals surface area contributed by atoms with Gasteiger partial charge in [-0.1, -0.05) is 50.6 Å². The third kappa shape index (κ3) is 2.10. The standard InChI is InChI=1S/C12H18/c1-9(2)11(4)12-7-5-10(3)6-8-12/h5-9,11H,1-4H3. The minimum Gasteiger partial charge on any atom is -0.0622 e. The molecule has 0 aliphatic carbocycles. The molecule has 1 atom stereocenters. The third-order valence-electron chi connectivity index (χ3n) is 2.60. The highest BCUT2D eigenvalue weighted by molar-refractivity contribution is 5.24. The van der Waals surface area contributed by atoms with E-state index in [1.165, 1.54) is 11.1 Å². The summed E-state index contributed by atoms with van der Waals surface area (Å²) < 4.78 is 0. The Morgan fingerprint density at radius 3 is 1.83 bits per heavy atom. The van der Waals surface area contributed by atoms with Crippen LogP contribution in [-0.4, -0.2) is 0 Å². The van der Waals surface area contributed by atoms with Gasteiger partial charge in [0, 0.05) is 0 Å². The van der Waals surface area contributed by atoms with Crippen molar-refractivity contribution in [2.24, 2.45) is 5.92 Å². The molecule has 0 fully saturated rings. The summed E-state index contributed by atoms with van der Waals surface area (Å²) in [5, 5.41) is 0. The number of rotatable bonds is 2. The van der Waals surface area contributed by atoms with Gasteiger partial charge in [0.25, 0.3) is 0 Å². The van der Waals surface area contributed by atoms with Crippen molar-refractivity contribution in [1.29, 1.82) is 0 Å². The van der Waals surface area contributed by atoms with E-state index in [0.717, 1.165) is 5.92 Å². The van der Waals surface area contributed by atoms with E-state index in [4.69, 9.17) is 0 Å². The number of hydrogen-bond acceptors (Lipinski definition) is 0. The molecule has 0 amide bonds. The molecule has 12 heavy (non-hydrogen) atoms. The van der Waals surface area contributed by atoms with Crippen LogP contribution in [0, 0.1) is 12.8 Å². The molecule has 0 aliphatic heterocycles. The molecule has 0 bridgehead atoms. The summed E-state index contributed by atoms with van der Waals surface area (Å²) >= 11 is 0. The van der Waals surface area contributed by atoms with Crippen LogP contribution in [0.4, 0.5) is 0 Å². The van der Waals surface area contributed by atoms with Crippen LogP contribution < -0.4 is 0 Å². The van der Waals surface area contributed by atoms with E-state index >= 15 is 0 Å². The summed E-state index contributed by atoms with van der Waals surface area (Å²) in [6.07, 6.45) is 0. The summed E-state index contributed by atoms with van der Waals surface area (Å²) in [7, 11) is 0. The molecular weight excluding hydrogens is 144 g/mol. The van der Waals surface area contributed by atoms with E-state index in [2.05, 4.69) is 52.0 Å². The maximum absolute atomic E-state index is 2.29. The molecule has 0 nitrogen and oxygen atoms in total. The largest absolute Gasteiger partial charge is 0.0622 e. The summed E-state index contributed by atoms with van der Waals surface area (Å²) in [6, 6.07) is 8.85. The van der Waals surface area contributed by atoms with Crippen LogP contribution in [-0.2, 0) is 0 Å². The minimum absolute atomic E-state index is 0.672. The molecule has 0 heteroatoms. The molecule has 0 aliphatic rings. The van der Waals surface area contributed by atoms with E-state index in [1.54, 1.807) is 0 Å². The van der Waals surface area contributed by atoms with Crippen molar-refractivity contribution < 1.29 is 0 Å². The fourth-order valence-corrected chi connectivity index (χ4v) is 1.25. The van der Waals surface area contributed by atoms with Gasteiger partial charge in [-0.25, -0.2) is 0 Å². The quantitative estimate of drug-likeness (QED) is 0.621. The molecule has 1 rings (SSSR count). The first-order chi connectivity index (χ1) is 5.61. The van der Waals surface area contributed by atoms with Crippen LogP contribution in [0.3, 0.4) is 0 Å². The first-order valence-electron chi connectivity index (χ1n) is 4.68. The molecule has 0 saturated carbocycles. The molecule has 0 radical (unpaired) electrons. The Hall–Kier alpha value is -0.780. The highest BCUT2D eigenvalue weighted by Gasteiger charge is 2.08. The van der Waals surface area contributed by atoms with Gasteiger partial charge in [0.2, 0.25) is 0 Å². The van der Waals surface area contributed by atoms with E-state index in [1.807, 2.05) is 0 Å². The van der Waals surface area contributed by atoms with Crippen molar-refractivity contribution in [1.82, 2.24) is 0 Å². The van der Waals surface area contributed by atoms with Gasteiger partial charge in [0.15, 0.2) is 0 Å². The molecule has 0 N–H and O–H groups in total. The topological polar surface area (TPSA) is 0 Å². The lowest BCUT2D eigenvalue weighted by Gasteiger charge is -2.15. The van der Waals surface area contributed by atoms with E-state index in [9.17, 15) is 0 Å². The molecule has 1 aromatic carbocycles. The first-order valence-corrected chi connectivity index (χ1v) is 4.68. The van der Waals surface area contributed by atoms with Crippen LogP contribution in [0.2, 0.25) is 0 Å². The van der Waals surface area contributed by atoms with Crippen LogP contribution >= 0.6 is 0 Å². The second kappa shape index (κ2) is 3.75. The predicted molar refractivity (Wildman–Crippen MR) is 54.4 cm³/mol. The molecule has 0 aromatic heterocycles. The molecule has 66 valence electrons. The SMILES string of the molecule is Cc1ccc(C(C)C(C)C)cc1. The summed E-state index contributed by atoms with van der Waals surface area (Å²) in [5.74, 6) is 1.40. The molecule has 1 unspecified atom stereocenters. The van der Waals surface area contributed by atoms with Gasteiger partial charge < -0.3 is 0 Å². The molecule has 1 aromatic rings. The van der Waals surface area contributed by atoms with Gasteiger partial charge >= 0.3 is 0 Å². The minimum atomic E-state index is 0.672. The predicted octanol–water partition coefficient (Wildman–Crippen LogP) is 3.75. The Kier molecular flexibility index (Phi) is 2.91. The third-order valence-corrected chi connectivity index (χ3v) is 2.60. The van der Waals surface area contributed by atoms with Gasteiger partial charge in [-0.2, -0.15) is 0 Å². The van der Waals surface area contributed by atoms with Gasteiger partial charge in [0.05, 0.1) is 0 Å². The van der Waals surface area contributed by atoms with E-state index < -0.39 is 0 Å². The Balaban J connectivity index is 2.82. The smallest absolute Gasteiger partial charge is 0.0167 e. The van der Waals surface area contributed by atoms with Crippen molar-refractivity contribution in [3.05, 3.63) is 35.4 Å². The summed E-state index contributed by atoms with van der Waals surface area (Å²) in [6.45, 7) is 8.95. The Labute approximate surface area is 75.6 Å². The normalized spacial score (nSPS) is 13.4.